The van der Waals surface area contributed by atoms with E-state index in [1.165, 1.54) is 5.56 Å². The largest absolute Gasteiger partial charge is 0.378 e. The highest BCUT2D eigenvalue weighted by Crippen LogP contribution is 2.24. The molecule has 4 aromatic rings. The van der Waals surface area contributed by atoms with Crippen molar-refractivity contribution in [1.82, 2.24) is 19.6 Å². The van der Waals surface area contributed by atoms with Gasteiger partial charge in [0.25, 0.3) is 0 Å². The van der Waals surface area contributed by atoms with Gasteiger partial charge in [0.05, 0.1) is 31.1 Å². The van der Waals surface area contributed by atoms with Gasteiger partial charge in [0, 0.05) is 49.4 Å². The van der Waals surface area contributed by atoms with E-state index in [1.807, 2.05) is 41.2 Å². The van der Waals surface area contributed by atoms with E-state index in [2.05, 4.69) is 46.1 Å². The number of pyridine rings is 1. The normalized spacial score (nSPS) is 14.5. The Bertz CT molecular complexity index is 1210. The molecular formula is C24H24N6O. The van der Waals surface area contributed by atoms with E-state index in [1.54, 1.807) is 6.20 Å². The molecule has 0 radical (unpaired) electrons. The Morgan fingerprint density at radius 1 is 1.10 bits per heavy atom. The molecule has 1 aliphatic rings. The zero-order valence-corrected chi connectivity index (χ0v) is 17.5. The standard InChI is InChI=1S/C24H24N6O/c1-18-4-2-5-19(12-18)15-26-17-21-13-24(29-8-10-31-11-9-29)30-23(27-21)14-22(28-30)20-6-3-7-25-16-20/h2-7,12-16H,8-11,17H2,1H3. The van der Waals surface area contributed by atoms with Crippen LogP contribution in [-0.4, -0.2) is 52.1 Å². The maximum atomic E-state index is 5.54. The molecule has 5 rings (SSSR count). The lowest BCUT2D eigenvalue weighted by Gasteiger charge is -2.29. The van der Waals surface area contributed by atoms with Crippen molar-refractivity contribution < 1.29 is 4.74 Å². The average Bonchev–Trinajstić information content (AvgIpc) is 3.24. The summed E-state index contributed by atoms with van der Waals surface area (Å²) in [6.45, 7) is 5.67. The molecule has 0 amide bonds. The molecule has 0 atom stereocenters. The molecule has 0 unspecified atom stereocenters. The second kappa shape index (κ2) is 8.65. The van der Waals surface area contributed by atoms with E-state index < -0.39 is 0 Å². The molecule has 1 fully saturated rings. The molecule has 0 saturated carbocycles. The monoisotopic (exact) mass is 412 g/mol. The predicted molar refractivity (Wildman–Crippen MR) is 122 cm³/mol. The molecule has 1 saturated heterocycles. The molecule has 31 heavy (non-hydrogen) atoms. The van der Waals surface area contributed by atoms with Gasteiger partial charge in [-0.3, -0.25) is 9.98 Å². The molecule has 0 aliphatic carbocycles. The summed E-state index contributed by atoms with van der Waals surface area (Å²) in [4.78, 5) is 16.0. The Morgan fingerprint density at radius 2 is 2.00 bits per heavy atom. The van der Waals surface area contributed by atoms with Crippen LogP contribution in [0.1, 0.15) is 16.8 Å². The second-order valence-corrected chi connectivity index (χ2v) is 7.63. The first-order valence-corrected chi connectivity index (χ1v) is 10.5. The molecule has 0 bridgehead atoms. The van der Waals surface area contributed by atoms with Gasteiger partial charge in [-0.15, -0.1) is 0 Å². The Morgan fingerprint density at radius 3 is 2.81 bits per heavy atom. The molecule has 7 heteroatoms. The van der Waals surface area contributed by atoms with Gasteiger partial charge < -0.3 is 9.64 Å². The molecule has 1 aromatic carbocycles. The highest BCUT2D eigenvalue weighted by Gasteiger charge is 2.18. The van der Waals surface area contributed by atoms with Crippen molar-refractivity contribution in [2.24, 2.45) is 4.99 Å². The fourth-order valence-corrected chi connectivity index (χ4v) is 3.76. The van der Waals surface area contributed by atoms with Gasteiger partial charge in [-0.25, -0.2) is 4.98 Å². The highest BCUT2D eigenvalue weighted by molar-refractivity contribution is 5.79. The van der Waals surface area contributed by atoms with Crippen LogP contribution in [0.5, 0.6) is 0 Å². The van der Waals surface area contributed by atoms with Crippen molar-refractivity contribution in [3.63, 3.8) is 0 Å². The van der Waals surface area contributed by atoms with Gasteiger partial charge in [-0.2, -0.15) is 9.61 Å². The zero-order valence-electron chi connectivity index (χ0n) is 17.5. The van der Waals surface area contributed by atoms with Crippen molar-refractivity contribution in [1.29, 1.82) is 0 Å². The fraction of sp³-hybridized carbons (Fsp3) is 0.250. The van der Waals surface area contributed by atoms with Crippen LogP contribution in [0.4, 0.5) is 5.82 Å². The number of morpholine rings is 1. The number of fused-ring (bicyclic) bond motifs is 1. The molecule has 7 nitrogen and oxygen atoms in total. The van der Waals surface area contributed by atoms with Gasteiger partial charge in [0.15, 0.2) is 5.65 Å². The van der Waals surface area contributed by atoms with Crippen molar-refractivity contribution in [2.75, 3.05) is 31.2 Å². The summed E-state index contributed by atoms with van der Waals surface area (Å²) in [5.41, 5.74) is 5.87. The topological polar surface area (TPSA) is 67.9 Å². The number of hydrogen-bond donors (Lipinski definition) is 0. The molecule has 4 heterocycles. The van der Waals surface area contributed by atoms with Crippen LogP contribution in [0, 0.1) is 6.92 Å². The Labute approximate surface area is 181 Å². The van der Waals surface area contributed by atoms with Crippen molar-refractivity contribution in [2.45, 2.75) is 13.5 Å². The van der Waals surface area contributed by atoms with Crippen LogP contribution in [0.15, 0.2) is 65.9 Å². The summed E-state index contributed by atoms with van der Waals surface area (Å²) in [6, 6.07) is 16.3. The minimum absolute atomic E-state index is 0.509. The smallest absolute Gasteiger partial charge is 0.158 e. The maximum absolute atomic E-state index is 5.54. The third kappa shape index (κ3) is 4.32. The van der Waals surface area contributed by atoms with E-state index in [4.69, 9.17) is 14.8 Å². The van der Waals surface area contributed by atoms with E-state index in [-0.39, 0.29) is 0 Å². The maximum Gasteiger partial charge on any atom is 0.158 e. The summed E-state index contributed by atoms with van der Waals surface area (Å²) in [5.74, 6) is 1.02. The summed E-state index contributed by atoms with van der Waals surface area (Å²) < 4.78 is 7.46. The number of benzene rings is 1. The summed E-state index contributed by atoms with van der Waals surface area (Å²) in [5, 5.41) is 4.83. The number of aromatic nitrogens is 4. The molecule has 156 valence electrons. The molecule has 0 spiro atoms. The Kier molecular flexibility index (Phi) is 5.41. The first kappa shape index (κ1) is 19.4. The molecule has 0 N–H and O–H groups in total. The van der Waals surface area contributed by atoms with Crippen molar-refractivity contribution in [3.05, 3.63) is 77.7 Å². The minimum Gasteiger partial charge on any atom is -0.378 e. The second-order valence-electron chi connectivity index (χ2n) is 7.63. The third-order valence-electron chi connectivity index (χ3n) is 5.29. The van der Waals surface area contributed by atoms with Crippen LogP contribution >= 0.6 is 0 Å². The summed E-state index contributed by atoms with van der Waals surface area (Å²) in [6.07, 6.45) is 5.50. The summed E-state index contributed by atoms with van der Waals surface area (Å²) >= 11 is 0. The van der Waals surface area contributed by atoms with Crippen LogP contribution in [0.25, 0.3) is 16.9 Å². The first-order chi connectivity index (χ1) is 15.3. The Hall–Kier alpha value is -3.58. The predicted octanol–water partition coefficient (Wildman–Crippen LogP) is 3.56. The van der Waals surface area contributed by atoms with E-state index in [0.29, 0.717) is 19.8 Å². The molecule has 3 aromatic heterocycles. The minimum atomic E-state index is 0.509. The lowest BCUT2D eigenvalue weighted by Crippen LogP contribution is -2.37. The lowest BCUT2D eigenvalue weighted by atomic mass is 10.1. The SMILES string of the molecule is Cc1cccc(C=NCc2cc(N3CCOCC3)n3nc(-c4cccnc4)cc3n2)c1. The van der Waals surface area contributed by atoms with E-state index in [9.17, 15) is 0 Å². The third-order valence-corrected chi connectivity index (χ3v) is 5.29. The van der Waals surface area contributed by atoms with Gasteiger partial charge >= 0.3 is 0 Å². The van der Waals surface area contributed by atoms with Crippen molar-refractivity contribution >= 4 is 17.7 Å². The average molecular weight is 412 g/mol. The summed E-state index contributed by atoms with van der Waals surface area (Å²) in [7, 11) is 0. The first-order valence-electron chi connectivity index (χ1n) is 10.5. The van der Waals surface area contributed by atoms with Crippen LogP contribution < -0.4 is 4.90 Å². The van der Waals surface area contributed by atoms with Crippen molar-refractivity contribution in [3.8, 4) is 11.3 Å². The molecular weight excluding hydrogens is 388 g/mol. The molecule has 1 aliphatic heterocycles. The van der Waals surface area contributed by atoms with Gasteiger partial charge in [-0.1, -0.05) is 29.8 Å². The highest BCUT2D eigenvalue weighted by atomic mass is 16.5. The van der Waals surface area contributed by atoms with Gasteiger partial charge in [0.2, 0.25) is 0 Å². The zero-order chi connectivity index (χ0) is 21.0. The number of nitrogens with zero attached hydrogens (tertiary/aromatic N) is 6. The van der Waals surface area contributed by atoms with Crippen LogP contribution in [0.3, 0.4) is 0 Å². The van der Waals surface area contributed by atoms with Crippen LogP contribution in [-0.2, 0) is 11.3 Å². The lowest BCUT2D eigenvalue weighted by molar-refractivity contribution is 0.122. The van der Waals surface area contributed by atoms with Gasteiger partial charge in [0.1, 0.15) is 5.82 Å². The number of aliphatic imine (C=N–C) groups is 1. The number of anilines is 1. The Balaban J connectivity index is 1.50. The van der Waals surface area contributed by atoms with Crippen LogP contribution in [0.2, 0.25) is 0 Å². The fourth-order valence-electron chi connectivity index (χ4n) is 3.76. The van der Waals surface area contributed by atoms with E-state index in [0.717, 1.165) is 47.1 Å². The number of aryl methyl sites for hydroxylation is 1. The van der Waals surface area contributed by atoms with E-state index >= 15 is 0 Å². The van der Waals surface area contributed by atoms with Gasteiger partial charge in [-0.05, 0) is 24.6 Å². The number of rotatable bonds is 5. The number of ether oxygens (including phenoxy) is 1. The quantitative estimate of drug-likeness (QED) is 0.469. The number of hydrogen-bond acceptors (Lipinski definition) is 6.